The van der Waals surface area contributed by atoms with Crippen molar-refractivity contribution in [3.05, 3.63) is 34.9 Å². The monoisotopic (exact) mass is 665 g/mol. The molecule has 1 spiro atoms. The molecule has 4 aromatic rings. The number of anilines is 1. The minimum atomic E-state index is -0.892. The van der Waals surface area contributed by atoms with Gasteiger partial charge in [-0.15, -0.1) is 0 Å². The quantitative estimate of drug-likeness (QED) is 0.298. The summed E-state index contributed by atoms with van der Waals surface area (Å²) in [4.78, 5) is 18.7. The molecule has 13 heteroatoms. The predicted octanol–water partition coefficient (Wildman–Crippen LogP) is 5.39. The standard InChI is InChI=1S/C34H38ClF2N7O3/c35-24-11-25-22(14-39-42-25)26-21(24)3-9-46-10-6-34(45)16-32(17-34)4-1-7-43(18-32)30-23-13-38-29(26)27(37)28(23)40-31(41-30)47-19-33-5-2-8-44(33)15-20(36)12-33/h11,13-14,20,45H,1-10,12,15-19H2,(H,39,42)/t20-,32?,33+,34?/m1/s1. The highest BCUT2D eigenvalue weighted by atomic mass is 35.5. The molecule has 10 nitrogen and oxygen atoms in total. The van der Waals surface area contributed by atoms with Gasteiger partial charge in [-0.3, -0.25) is 15.0 Å². The minimum absolute atomic E-state index is 0.0644. The van der Waals surface area contributed by atoms with Gasteiger partial charge in [0.1, 0.15) is 29.8 Å². The summed E-state index contributed by atoms with van der Waals surface area (Å²) in [6.45, 7) is 3.68. The van der Waals surface area contributed by atoms with Gasteiger partial charge < -0.3 is 19.5 Å². The summed E-state index contributed by atoms with van der Waals surface area (Å²) >= 11 is 6.82. The molecule has 1 aliphatic carbocycles. The highest BCUT2D eigenvalue weighted by molar-refractivity contribution is 6.33. The van der Waals surface area contributed by atoms with Crippen molar-refractivity contribution in [2.75, 3.05) is 50.9 Å². The topological polar surface area (TPSA) is 113 Å². The molecule has 2 atom stereocenters. The van der Waals surface area contributed by atoms with Crippen molar-refractivity contribution in [3.8, 4) is 17.3 Å². The van der Waals surface area contributed by atoms with Crippen molar-refractivity contribution < 1.29 is 23.4 Å². The third-order valence-electron chi connectivity index (χ3n) is 11.5. The van der Waals surface area contributed by atoms with Crippen molar-refractivity contribution in [2.45, 2.75) is 75.1 Å². The Bertz CT molecular complexity index is 1880. The van der Waals surface area contributed by atoms with Crippen molar-refractivity contribution in [1.29, 1.82) is 0 Å². The molecular formula is C34H38ClF2N7O3. The van der Waals surface area contributed by atoms with E-state index >= 15 is 4.39 Å². The number of rotatable bonds is 3. The predicted molar refractivity (Wildman–Crippen MR) is 173 cm³/mol. The lowest BCUT2D eigenvalue weighted by Crippen LogP contribution is -2.59. The van der Waals surface area contributed by atoms with E-state index in [4.69, 9.17) is 31.0 Å². The lowest BCUT2D eigenvalue weighted by molar-refractivity contribution is -0.145. The zero-order valence-electron chi connectivity index (χ0n) is 26.2. The zero-order valence-corrected chi connectivity index (χ0v) is 27.0. The van der Waals surface area contributed by atoms with Crippen LogP contribution in [0.25, 0.3) is 33.1 Å². The number of H-pyrrole nitrogens is 1. The Morgan fingerprint density at radius 3 is 2.87 bits per heavy atom. The van der Waals surface area contributed by atoms with Gasteiger partial charge in [0.15, 0.2) is 5.82 Å². The second kappa shape index (κ2) is 10.9. The molecule has 2 N–H and O–H groups in total. The van der Waals surface area contributed by atoms with E-state index in [1.807, 2.05) is 0 Å². The summed E-state index contributed by atoms with van der Waals surface area (Å²) in [5, 5.41) is 20.2. The van der Waals surface area contributed by atoms with Crippen LogP contribution in [0.15, 0.2) is 18.5 Å². The number of nitrogens with zero attached hydrogens (tertiary/aromatic N) is 6. The number of halogens is 3. The maximum atomic E-state index is 17.1. The number of hydrogen-bond donors (Lipinski definition) is 2. The summed E-state index contributed by atoms with van der Waals surface area (Å²) in [6.07, 6.45) is 8.91. The second-order valence-corrected chi connectivity index (χ2v) is 15.0. The van der Waals surface area contributed by atoms with Gasteiger partial charge in [0.25, 0.3) is 0 Å². The van der Waals surface area contributed by atoms with Gasteiger partial charge >= 0.3 is 6.01 Å². The molecule has 3 saturated heterocycles. The zero-order chi connectivity index (χ0) is 32.0. The van der Waals surface area contributed by atoms with E-state index in [-0.39, 0.29) is 29.2 Å². The number of pyridine rings is 1. The fourth-order valence-corrected chi connectivity index (χ4v) is 9.80. The van der Waals surface area contributed by atoms with Crippen molar-refractivity contribution in [3.63, 3.8) is 0 Å². The number of hydrogen-bond acceptors (Lipinski definition) is 9. The molecular weight excluding hydrogens is 628 g/mol. The van der Waals surface area contributed by atoms with Crippen LogP contribution < -0.4 is 9.64 Å². The Balaban J connectivity index is 1.20. The van der Waals surface area contributed by atoms with Crippen LogP contribution in [0.4, 0.5) is 14.6 Å². The van der Waals surface area contributed by atoms with Crippen molar-refractivity contribution in [1.82, 2.24) is 30.0 Å². The maximum Gasteiger partial charge on any atom is 0.319 e. The Kier molecular flexibility index (Phi) is 6.95. The third-order valence-corrected chi connectivity index (χ3v) is 11.8. The summed E-state index contributed by atoms with van der Waals surface area (Å²) in [5.41, 5.74) is 0.884. The molecule has 6 aliphatic heterocycles. The number of aromatic amines is 1. The van der Waals surface area contributed by atoms with Crippen LogP contribution in [-0.4, -0.2) is 98.5 Å². The van der Waals surface area contributed by atoms with Crippen LogP contribution in [-0.2, 0) is 11.2 Å². The van der Waals surface area contributed by atoms with E-state index in [9.17, 15) is 9.50 Å². The lowest BCUT2D eigenvalue weighted by Gasteiger charge is -2.57. The third kappa shape index (κ3) is 4.89. The number of nitrogens with one attached hydrogen (secondary N) is 1. The SMILES string of the molecule is OC12CCOCCc3c(Cl)cc4[nH]ncc4c3-c3ncc4c(nc(OC[C@@]56CCCN5C[C@H](F)C6)nc4c3F)N3CCCC(C3)(C1)C2. The summed E-state index contributed by atoms with van der Waals surface area (Å²) in [5.74, 6) is -0.0252. The van der Waals surface area contributed by atoms with Gasteiger partial charge in [-0.05, 0) is 75.0 Å². The number of ether oxygens (including phenoxy) is 2. The van der Waals surface area contributed by atoms with Gasteiger partial charge in [0.05, 0.1) is 34.8 Å². The van der Waals surface area contributed by atoms with Crippen molar-refractivity contribution in [2.24, 2.45) is 5.41 Å². The molecule has 3 aromatic heterocycles. The Labute approximate surface area is 275 Å². The van der Waals surface area contributed by atoms with Gasteiger partial charge in [-0.25, -0.2) is 8.78 Å². The number of benzene rings is 1. The molecule has 0 radical (unpaired) electrons. The van der Waals surface area contributed by atoms with E-state index in [2.05, 4.69) is 25.0 Å². The van der Waals surface area contributed by atoms with Gasteiger partial charge in [0.2, 0.25) is 0 Å². The molecule has 248 valence electrons. The minimum Gasteiger partial charge on any atom is -0.461 e. The van der Waals surface area contributed by atoms with E-state index < -0.39 is 23.1 Å². The summed E-state index contributed by atoms with van der Waals surface area (Å²) < 4.78 is 44.0. The van der Waals surface area contributed by atoms with Crippen LogP contribution in [0.3, 0.4) is 0 Å². The van der Waals surface area contributed by atoms with Crippen LogP contribution in [0, 0.1) is 11.2 Å². The second-order valence-electron chi connectivity index (χ2n) is 14.6. The summed E-state index contributed by atoms with van der Waals surface area (Å²) in [6, 6.07) is 1.86. The van der Waals surface area contributed by atoms with Gasteiger partial charge in [0, 0.05) is 54.8 Å². The molecule has 9 heterocycles. The molecule has 11 rings (SSSR count). The van der Waals surface area contributed by atoms with Crippen LogP contribution >= 0.6 is 11.6 Å². The smallest absolute Gasteiger partial charge is 0.319 e. The largest absolute Gasteiger partial charge is 0.461 e. The first kappa shape index (κ1) is 29.9. The summed E-state index contributed by atoms with van der Waals surface area (Å²) in [7, 11) is 0. The molecule has 7 bridgehead atoms. The van der Waals surface area contributed by atoms with E-state index in [0.717, 1.165) is 38.8 Å². The average molecular weight is 666 g/mol. The molecule has 0 unspecified atom stereocenters. The fraction of sp³-hybridized carbons (Fsp3) is 0.588. The number of aliphatic hydroxyl groups is 1. The first-order valence-electron chi connectivity index (χ1n) is 16.8. The number of fused-ring (bicyclic) bond motifs is 2. The molecule has 7 aliphatic rings. The van der Waals surface area contributed by atoms with Gasteiger partial charge in [-0.1, -0.05) is 11.6 Å². The fourth-order valence-electron chi connectivity index (χ4n) is 9.50. The normalized spacial score (nSPS) is 30.9. The molecule has 4 fully saturated rings. The highest BCUT2D eigenvalue weighted by Crippen LogP contribution is 2.55. The van der Waals surface area contributed by atoms with E-state index in [0.29, 0.717) is 96.7 Å². The van der Waals surface area contributed by atoms with Gasteiger partial charge in [-0.2, -0.15) is 15.1 Å². The number of alkyl halides is 1. The van der Waals surface area contributed by atoms with Crippen LogP contribution in [0.1, 0.15) is 56.9 Å². The lowest BCUT2D eigenvalue weighted by atomic mass is 9.55. The Hall–Kier alpha value is -3.19. The average Bonchev–Trinajstić information content (AvgIpc) is 3.73. The molecule has 1 saturated carbocycles. The Morgan fingerprint density at radius 2 is 1.98 bits per heavy atom. The highest BCUT2D eigenvalue weighted by Gasteiger charge is 2.55. The first-order valence-corrected chi connectivity index (χ1v) is 17.2. The number of aromatic nitrogens is 5. The van der Waals surface area contributed by atoms with E-state index in [1.54, 1.807) is 18.5 Å². The first-order chi connectivity index (χ1) is 22.7. The maximum absolute atomic E-state index is 17.1. The molecule has 47 heavy (non-hydrogen) atoms. The molecule has 1 aromatic carbocycles. The van der Waals surface area contributed by atoms with Crippen LogP contribution in [0.2, 0.25) is 5.02 Å². The molecule has 0 amide bonds. The van der Waals surface area contributed by atoms with Crippen LogP contribution in [0.5, 0.6) is 6.01 Å². The number of piperidine rings is 1. The van der Waals surface area contributed by atoms with Crippen molar-refractivity contribution >= 4 is 39.2 Å². The Morgan fingerprint density at radius 1 is 1.11 bits per heavy atom. The van der Waals surface area contributed by atoms with E-state index in [1.165, 1.54) is 0 Å².